The highest BCUT2D eigenvalue weighted by Gasteiger charge is 2.33. The minimum Gasteiger partial charge on any atom is -0.390 e. The van der Waals surface area contributed by atoms with Crippen molar-refractivity contribution in [3.05, 3.63) is 36.0 Å². The third-order valence-corrected chi connectivity index (χ3v) is 3.67. The summed E-state index contributed by atoms with van der Waals surface area (Å²) >= 11 is 0. The van der Waals surface area contributed by atoms with Crippen LogP contribution in [-0.2, 0) is 10.9 Å². The molecular weight excluding hydrogens is 385 g/mol. The van der Waals surface area contributed by atoms with Crippen molar-refractivity contribution < 1.29 is 32.9 Å². The third kappa shape index (κ3) is 6.14. The van der Waals surface area contributed by atoms with Crippen molar-refractivity contribution in [3.8, 4) is 0 Å². The molecule has 3 unspecified atom stereocenters. The van der Waals surface area contributed by atoms with E-state index in [1.807, 2.05) is 0 Å². The summed E-state index contributed by atoms with van der Waals surface area (Å²) < 4.78 is 40.7. The first-order valence-electron chi connectivity index (χ1n) is 8.08. The summed E-state index contributed by atoms with van der Waals surface area (Å²) in [5.41, 5.74) is 4.25. The van der Waals surface area contributed by atoms with Crippen molar-refractivity contribution >= 4 is 11.7 Å². The SMILES string of the molecule is Nc1cncc(C(F)(F)F)n1.O=C(NCC1OCCC(O)C1O)c1ccn[nH]1. The van der Waals surface area contributed by atoms with E-state index >= 15 is 0 Å². The van der Waals surface area contributed by atoms with E-state index in [1.54, 1.807) is 6.07 Å². The predicted octanol–water partition coefficient (Wildman–Crippen LogP) is -0.272. The molecular formula is C15H19F3N6O4. The summed E-state index contributed by atoms with van der Waals surface area (Å²) in [4.78, 5) is 17.8. The second-order valence-corrected chi connectivity index (χ2v) is 5.76. The Balaban J connectivity index is 0.000000221. The van der Waals surface area contributed by atoms with Gasteiger partial charge in [0.2, 0.25) is 0 Å². The fourth-order valence-corrected chi connectivity index (χ4v) is 2.23. The highest BCUT2D eigenvalue weighted by Crippen LogP contribution is 2.26. The van der Waals surface area contributed by atoms with Gasteiger partial charge in [-0.15, -0.1) is 0 Å². The van der Waals surface area contributed by atoms with Gasteiger partial charge in [0.15, 0.2) is 5.69 Å². The second-order valence-electron chi connectivity index (χ2n) is 5.76. The lowest BCUT2D eigenvalue weighted by Crippen LogP contribution is -2.49. The Morgan fingerprint density at radius 3 is 2.71 bits per heavy atom. The number of carbonyl (C=O) groups excluding carboxylic acids is 1. The van der Waals surface area contributed by atoms with Gasteiger partial charge in [0, 0.05) is 19.3 Å². The minimum atomic E-state index is -4.47. The molecule has 0 spiro atoms. The van der Waals surface area contributed by atoms with E-state index in [0.717, 1.165) is 6.20 Å². The van der Waals surface area contributed by atoms with Crippen molar-refractivity contribution in [3.63, 3.8) is 0 Å². The van der Waals surface area contributed by atoms with Crippen LogP contribution in [0.4, 0.5) is 19.0 Å². The maximum absolute atomic E-state index is 11.8. The second kappa shape index (κ2) is 9.43. The van der Waals surface area contributed by atoms with Crippen LogP contribution in [0.1, 0.15) is 22.6 Å². The van der Waals surface area contributed by atoms with Crippen molar-refractivity contribution in [2.45, 2.75) is 30.9 Å². The fourth-order valence-electron chi connectivity index (χ4n) is 2.23. The van der Waals surface area contributed by atoms with E-state index in [4.69, 9.17) is 10.5 Å². The van der Waals surface area contributed by atoms with Gasteiger partial charge >= 0.3 is 6.18 Å². The van der Waals surface area contributed by atoms with E-state index in [9.17, 15) is 28.2 Å². The van der Waals surface area contributed by atoms with Gasteiger partial charge in [-0.2, -0.15) is 18.3 Å². The molecule has 2 aromatic heterocycles. The molecule has 0 radical (unpaired) electrons. The molecule has 1 amide bonds. The zero-order chi connectivity index (χ0) is 20.7. The molecule has 1 aliphatic rings. The maximum atomic E-state index is 11.8. The minimum absolute atomic E-state index is 0.149. The fraction of sp³-hybridized carbons (Fsp3) is 0.467. The Bertz CT molecular complexity index is 758. The predicted molar refractivity (Wildman–Crippen MR) is 88.7 cm³/mol. The van der Waals surface area contributed by atoms with Crippen LogP contribution in [0.3, 0.4) is 0 Å². The quantitative estimate of drug-likeness (QED) is 0.467. The lowest BCUT2D eigenvalue weighted by Gasteiger charge is -2.31. The van der Waals surface area contributed by atoms with E-state index in [2.05, 4.69) is 25.5 Å². The van der Waals surface area contributed by atoms with Crippen LogP contribution in [0.5, 0.6) is 0 Å². The topological polar surface area (TPSA) is 159 Å². The van der Waals surface area contributed by atoms with Crippen molar-refractivity contribution in [1.82, 2.24) is 25.5 Å². The molecule has 3 heterocycles. The Morgan fingerprint density at radius 2 is 2.14 bits per heavy atom. The van der Waals surface area contributed by atoms with Gasteiger partial charge in [0.25, 0.3) is 5.91 Å². The lowest BCUT2D eigenvalue weighted by atomic mass is 10.0. The molecule has 10 nitrogen and oxygen atoms in total. The summed E-state index contributed by atoms with van der Waals surface area (Å²) in [6.07, 6.45) is -3.25. The van der Waals surface area contributed by atoms with Crippen molar-refractivity contribution in [1.29, 1.82) is 0 Å². The molecule has 3 atom stereocenters. The first-order valence-corrected chi connectivity index (χ1v) is 8.08. The van der Waals surface area contributed by atoms with Crippen LogP contribution >= 0.6 is 0 Å². The van der Waals surface area contributed by atoms with Crippen LogP contribution in [0.25, 0.3) is 0 Å². The van der Waals surface area contributed by atoms with Crippen molar-refractivity contribution in [2.75, 3.05) is 18.9 Å². The highest BCUT2D eigenvalue weighted by molar-refractivity contribution is 5.92. The molecule has 13 heteroatoms. The molecule has 0 aliphatic carbocycles. The number of nitrogens with one attached hydrogen (secondary N) is 2. The number of hydrogen-bond donors (Lipinski definition) is 5. The molecule has 6 N–H and O–H groups in total. The summed E-state index contributed by atoms with van der Waals surface area (Å²) in [7, 11) is 0. The Morgan fingerprint density at radius 1 is 1.39 bits per heavy atom. The molecule has 3 rings (SSSR count). The number of aromatic amines is 1. The largest absolute Gasteiger partial charge is 0.434 e. The van der Waals surface area contributed by atoms with Crippen LogP contribution in [0, 0.1) is 0 Å². The van der Waals surface area contributed by atoms with E-state index in [1.165, 1.54) is 6.20 Å². The molecule has 0 aromatic carbocycles. The number of anilines is 1. The molecule has 28 heavy (non-hydrogen) atoms. The number of aliphatic hydroxyl groups excluding tert-OH is 2. The number of hydrogen-bond acceptors (Lipinski definition) is 8. The van der Waals surface area contributed by atoms with Gasteiger partial charge in [-0.25, -0.2) is 4.98 Å². The number of aliphatic hydroxyl groups is 2. The number of rotatable bonds is 3. The number of H-pyrrole nitrogens is 1. The van der Waals surface area contributed by atoms with Crippen molar-refractivity contribution in [2.24, 2.45) is 0 Å². The highest BCUT2D eigenvalue weighted by atomic mass is 19.4. The van der Waals surface area contributed by atoms with Crippen LogP contribution in [-0.4, -0.2) is 67.7 Å². The van der Waals surface area contributed by atoms with E-state index in [-0.39, 0.29) is 18.3 Å². The van der Waals surface area contributed by atoms with Crippen LogP contribution in [0.2, 0.25) is 0 Å². The summed E-state index contributed by atoms with van der Waals surface area (Å²) in [6.45, 7) is 0.527. The number of halogens is 3. The zero-order valence-corrected chi connectivity index (χ0v) is 14.4. The standard InChI is InChI=1S/C10H15N3O4.C5H4F3N3/c14-7-2-4-17-8(9(7)15)5-11-10(16)6-1-3-12-13-6;6-5(7,8)3-1-10-2-4(9)11-3/h1,3,7-9,14-15H,2,4-5H2,(H,11,16)(H,12,13);1-2H,(H2,9,11). The molecule has 1 aliphatic heterocycles. The Labute approximate surface area is 156 Å². The molecule has 2 aromatic rings. The smallest absolute Gasteiger partial charge is 0.390 e. The van der Waals surface area contributed by atoms with E-state index < -0.39 is 30.2 Å². The average molecular weight is 404 g/mol. The first-order chi connectivity index (χ1) is 13.2. The Kier molecular flexibility index (Phi) is 7.25. The van der Waals surface area contributed by atoms with Crippen LogP contribution < -0.4 is 11.1 Å². The summed E-state index contributed by atoms with van der Waals surface area (Å²) in [6, 6.07) is 1.54. The number of alkyl halides is 3. The number of nitrogens with zero attached hydrogens (tertiary/aromatic N) is 3. The summed E-state index contributed by atoms with van der Waals surface area (Å²) in [5, 5.41) is 27.9. The van der Waals surface area contributed by atoms with E-state index in [0.29, 0.717) is 24.9 Å². The number of amides is 1. The van der Waals surface area contributed by atoms with Gasteiger partial charge < -0.3 is 26.0 Å². The van der Waals surface area contributed by atoms with Gasteiger partial charge in [-0.05, 0) is 12.5 Å². The molecule has 0 saturated carbocycles. The number of nitrogen functional groups attached to an aromatic ring is 1. The molecule has 0 bridgehead atoms. The maximum Gasteiger partial charge on any atom is 0.434 e. The first kappa shape index (κ1) is 21.5. The average Bonchev–Trinajstić information content (AvgIpc) is 3.17. The normalized spacial score (nSPS) is 22.1. The van der Waals surface area contributed by atoms with Gasteiger partial charge in [0.05, 0.1) is 18.5 Å². The molecule has 1 saturated heterocycles. The third-order valence-electron chi connectivity index (χ3n) is 3.67. The van der Waals surface area contributed by atoms with Crippen LogP contribution in [0.15, 0.2) is 24.7 Å². The lowest BCUT2D eigenvalue weighted by molar-refractivity contribution is -0.141. The number of nitrogens with two attached hydrogens (primary N) is 1. The number of ether oxygens (including phenoxy) is 1. The zero-order valence-electron chi connectivity index (χ0n) is 14.4. The van der Waals surface area contributed by atoms with Gasteiger partial charge in [-0.3, -0.25) is 14.9 Å². The number of carbonyl (C=O) groups is 1. The van der Waals surface area contributed by atoms with Gasteiger partial charge in [-0.1, -0.05) is 0 Å². The summed E-state index contributed by atoms with van der Waals surface area (Å²) in [5.74, 6) is -0.557. The molecule has 1 fully saturated rings. The molecule has 154 valence electrons. The Hall–Kier alpha value is -2.77. The number of aromatic nitrogens is 4. The monoisotopic (exact) mass is 404 g/mol. The van der Waals surface area contributed by atoms with Gasteiger partial charge in [0.1, 0.15) is 23.7 Å².